The summed E-state index contributed by atoms with van der Waals surface area (Å²) in [5, 5.41) is 11.2. The van der Waals surface area contributed by atoms with Gasteiger partial charge in [0.2, 0.25) is 0 Å². The lowest BCUT2D eigenvalue weighted by Gasteiger charge is -2.34. The molecule has 2 N–H and O–H groups in total. The summed E-state index contributed by atoms with van der Waals surface area (Å²) in [4.78, 5) is 15.1. The van der Waals surface area contributed by atoms with Crippen molar-refractivity contribution in [2.24, 2.45) is 0 Å². The van der Waals surface area contributed by atoms with Gasteiger partial charge in [-0.15, -0.1) is 0 Å². The number of Topliss-reactive ketones (excluding diaryl/α,β-unsaturated/α-hetero) is 1. The highest BCUT2D eigenvalue weighted by Gasteiger charge is 2.24. The molecule has 29 heavy (non-hydrogen) atoms. The van der Waals surface area contributed by atoms with E-state index in [-0.39, 0.29) is 12.4 Å². The minimum Gasteiger partial charge on any atom is -0.493 e. The number of hydrogen-bond acceptors (Lipinski definition) is 5. The molecule has 0 unspecified atom stereocenters. The third-order valence-corrected chi connectivity index (χ3v) is 5.51. The molecule has 1 aliphatic rings. The molecule has 0 bridgehead atoms. The first-order valence-corrected chi connectivity index (χ1v) is 10.2. The second kappa shape index (κ2) is 9.96. The van der Waals surface area contributed by atoms with E-state index < -0.39 is 6.10 Å². The van der Waals surface area contributed by atoms with Gasteiger partial charge in [0.05, 0.1) is 44.0 Å². The molecule has 0 aromatic heterocycles. The third-order valence-electron chi connectivity index (χ3n) is 5.19. The molecule has 0 spiro atoms. The first-order chi connectivity index (χ1) is 14.0. The SMILES string of the molecule is COc1cc(C(C)=O)ccc1OC[C@H](O)C[NH+]1CCN(c2ccccc2Cl)CC1. The molecule has 1 heterocycles. The van der Waals surface area contributed by atoms with E-state index in [1.165, 1.54) is 18.9 Å². The van der Waals surface area contributed by atoms with Gasteiger partial charge in [0.25, 0.3) is 0 Å². The minimum absolute atomic E-state index is 0.0329. The van der Waals surface area contributed by atoms with Crippen LogP contribution in [0.4, 0.5) is 5.69 Å². The van der Waals surface area contributed by atoms with Gasteiger partial charge in [-0.05, 0) is 37.3 Å². The summed E-state index contributed by atoms with van der Waals surface area (Å²) in [6.45, 7) is 5.95. The molecule has 7 heteroatoms. The molecule has 2 aromatic rings. The number of ketones is 1. The van der Waals surface area contributed by atoms with Gasteiger partial charge in [-0.25, -0.2) is 0 Å². The number of methoxy groups -OCH3 is 1. The smallest absolute Gasteiger partial charge is 0.161 e. The molecule has 6 nitrogen and oxygen atoms in total. The van der Waals surface area contributed by atoms with Gasteiger partial charge in [0.15, 0.2) is 17.3 Å². The normalized spacial score (nSPS) is 15.8. The Kier molecular flexibility index (Phi) is 7.36. The Balaban J connectivity index is 1.48. The second-order valence-electron chi connectivity index (χ2n) is 7.28. The van der Waals surface area contributed by atoms with Crippen LogP contribution in [0.1, 0.15) is 17.3 Å². The van der Waals surface area contributed by atoms with Crippen molar-refractivity contribution in [3.8, 4) is 11.5 Å². The fourth-order valence-electron chi connectivity index (χ4n) is 3.56. The highest BCUT2D eigenvalue weighted by Crippen LogP contribution is 2.28. The van der Waals surface area contributed by atoms with Crippen molar-refractivity contribution in [2.45, 2.75) is 13.0 Å². The highest BCUT2D eigenvalue weighted by molar-refractivity contribution is 6.33. The highest BCUT2D eigenvalue weighted by atomic mass is 35.5. The van der Waals surface area contributed by atoms with Gasteiger partial charge < -0.3 is 24.4 Å². The predicted octanol–water partition coefficient (Wildman–Crippen LogP) is 1.70. The number of aliphatic hydroxyl groups is 1. The first kappa shape index (κ1) is 21.4. The van der Waals surface area contributed by atoms with Crippen LogP contribution in [0.5, 0.6) is 11.5 Å². The Morgan fingerprint density at radius 3 is 2.59 bits per heavy atom. The fourth-order valence-corrected chi connectivity index (χ4v) is 3.82. The molecule has 0 amide bonds. The Morgan fingerprint density at radius 1 is 1.21 bits per heavy atom. The van der Waals surface area contributed by atoms with Crippen LogP contribution >= 0.6 is 11.6 Å². The Hall–Kier alpha value is -2.28. The van der Waals surface area contributed by atoms with Crippen LogP contribution in [0.15, 0.2) is 42.5 Å². The van der Waals surface area contributed by atoms with E-state index in [4.69, 9.17) is 21.1 Å². The number of nitrogens with one attached hydrogen (secondary N) is 1. The summed E-state index contributed by atoms with van der Waals surface area (Å²) in [6, 6.07) is 13.0. The van der Waals surface area contributed by atoms with Crippen molar-refractivity contribution in [1.82, 2.24) is 0 Å². The standard InChI is InChI=1S/C22H27ClN2O4/c1-16(26)17-7-8-21(22(13-17)28-2)29-15-18(27)14-24-9-11-25(12-10-24)20-6-4-3-5-19(20)23/h3-8,13,18,27H,9-12,14-15H2,1-2H3/p+1/t18-/m1/s1. The Morgan fingerprint density at radius 2 is 1.93 bits per heavy atom. The zero-order chi connectivity index (χ0) is 20.8. The second-order valence-corrected chi connectivity index (χ2v) is 7.69. The summed E-state index contributed by atoms with van der Waals surface area (Å²) in [7, 11) is 1.53. The van der Waals surface area contributed by atoms with Gasteiger partial charge in [-0.1, -0.05) is 23.7 Å². The maximum absolute atomic E-state index is 11.5. The largest absolute Gasteiger partial charge is 0.493 e. The number of rotatable bonds is 8. The average Bonchev–Trinajstić information content (AvgIpc) is 2.73. The number of halogens is 1. The molecule has 1 saturated heterocycles. The number of piperazine rings is 1. The van der Waals surface area contributed by atoms with Crippen LogP contribution in [-0.4, -0.2) is 63.4 Å². The van der Waals surface area contributed by atoms with E-state index in [1.54, 1.807) is 18.2 Å². The van der Waals surface area contributed by atoms with E-state index in [9.17, 15) is 9.90 Å². The molecule has 0 saturated carbocycles. The third kappa shape index (κ3) is 5.63. The summed E-state index contributed by atoms with van der Waals surface area (Å²) in [5.41, 5.74) is 1.63. The zero-order valence-electron chi connectivity index (χ0n) is 16.9. The lowest BCUT2D eigenvalue weighted by Crippen LogP contribution is -3.16. The van der Waals surface area contributed by atoms with E-state index in [2.05, 4.69) is 4.90 Å². The Labute approximate surface area is 176 Å². The van der Waals surface area contributed by atoms with Crippen molar-refractivity contribution in [3.63, 3.8) is 0 Å². The Bertz CT molecular complexity index is 837. The molecule has 156 valence electrons. The topological polar surface area (TPSA) is 63.4 Å². The van der Waals surface area contributed by atoms with Gasteiger partial charge in [-0.2, -0.15) is 0 Å². The first-order valence-electron chi connectivity index (χ1n) is 9.81. The number of benzene rings is 2. The number of quaternary nitrogens is 1. The van der Waals surface area contributed by atoms with Crippen LogP contribution in [-0.2, 0) is 0 Å². The summed E-state index contributed by atoms with van der Waals surface area (Å²) in [5.74, 6) is 0.982. The van der Waals surface area contributed by atoms with Crippen molar-refractivity contribution >= 4 is 23.1 Å². The molecule has 1 fully saturated rings. The van der Waals surface area contributed by atoms with E-state index in [1.807, 2.05) is 24.3 Å². The molecule has 0 radical (unpaired) electrons. The van der Waals surface area contributed by atoms with Gasteiger partial charge in [0, 0.05) is 5.56 Å². The van der Waals surface area contributed by atoms with Crippen LogP contribution in [0.2, 0.25) is 5.02 Å². The molecular formula is C22H28ClN2O4+. The predicted molar refractivity (Wildman–Crippen MR) is 114 cm³/mol. The number of carbonyl (C=O) groups is 1. The van der Waals surface area contributed by atoms with E-state index in [0.29, 0.717) is 23.6 Å². The van der Waals surface area contributed by atoms with Gasteiger partial charge in [-0.3, -0.25) is 4.79 Å². The fraction of sp³-hybridized carbons (Fsp3) is 0.409. The number of ether oxygens (including phenoxy) is 2. The lowest BCUT2D eigenvalue weighted by molar-refractivity contribution is -0.903. The van der Waals surface area contributed by atoms with E-state index in [0.717, 1.165) is 36.9 Å². The number of nitrogens with zero attached hydrogens (tertiary/aromatic N) is 1. The molecule has 3 rings (SSSR count). The number of hydrogen-bond donors (Lipinski definition) is 2. The number of aliphatic hydroxyl groups excluding tert-OH is 1. The zero-order valence-corrected chi connectivity index (χ0v) is 17.6. The maximum Gasteiger partial charge on any atom is 0.161 e. The number of carbonyl (C=O) groups excluding carboxylic acids is 1. The molecular weight excluding hydrogens is 392 g/mol. The quantitative estimate of drug-likeness (QED) is 0.638. The van der Waals surface area contributed by atoms with Crippen LogP contribution < -0.4 is 19.3 Å². The minimum atomic E-state index is -0.589. The van der Waals surface area contributed by atoms with E-state index >= 15 is 0 Å². The van der Waals surface area contributed by atoms with Crippen LogP contribution in [0.25, 0.3) is 0 Å². The summed E-state index contributed by atoms with van der Waals surface area (Å²) < 4.78 is 11.0. The van der Waals surface area contributed by atoms with Crippen LogP contribution in [0.3, 0.4) is 0 Å². The van der Waals surface area contributed by atoms with Crippen molar-refractivity contribution < 1.29 is 24.3 Å². The molecule has 2 aromatic carbocycles. The molecule has 1 aliphatic heterocycles. The van der Waals surface area contributed by atoms with Gasteiger partial charge in [0.1, 0.15) is 19.3 Å². The summed E-state index contributed by atoms with van der Waals surface area (Å²) >= 11 is 6.30. The monoisotopic (exact) mass is 419 g/mol. The van der Waals surface area contributed by atoms with Crippen molar-refractivity contribution in [1.29, 1.82) is 0 Å². The van der Waals surface area contributed by atoms with Gasteiger partial charge >= 0.3 is 0 Å². The number of anilines is 1. The van der Waals surface area contributed by atoms with Crippen LogP contribution in [0, 0.1) is 0 Å². The van der Waals surface area contributed by atoms with Crippen molar-refractivity contribution in [3.05, 3.63) is 53.1 Å². The summed E-state index contributed by atoms with van der Waals surface area (Å²) in [6.07, 6.45) is -0.589. The average molecular weight is 420 g/mol. The molecule has 1 atom stereocenters. The molecule has 0 aliphatic carbocycles. The lowest BCUT2D eigenvalue weighted by atomic mass is 10.1. The van der Waals surface area contributed by atoms with Crippen molar-refractivity contribution in [2.75, 3.05) is 51.3 Å². The maximum atomic E-state index is 11.5. The number of para-hydroxylation sites is 1.